The number of nitrogens with two attached hydrogens (primary N) is 1. The van der Waals surface area contributed by atoms with Crippen LogP contribution in [-0.4, -0.2) is 115 Å². The topological polar surface area (TPSA) is 177 Å². The molecule has 2 amide bonds. The van der Waals surface area contributed by atoms with E-state index in [4.69, 9.17) is 25.2 Å². The number of thiophene rings is 1. The van der Waals surface area contributed by atoms with Gasteiger partial charge in [-0.05, 0) is 79.7 Å². The Bertz CT molecular complexity index is 1630. The maximum absolute atomic E-state index is 14.1. The second-order valence-corrected chi connectivity index (χ2v) is 16.2. The predicted molar refractivity (Wildman–Crippen MR) is 200 cm³/mol. The summed E-state index contributed by atoms with van der Waals surface area (Å²) in [5.74, 6) is 0.650. The molecule has 0 saturated carbocycles. The fourth-order valence-electron chi connectivity index (χ4n) is 7.32. The highest BCUT2D eigenvalue weighted by Crippen LogP contribution is 2.45. The second-order valence-electron chi connectivity index (χ2n) is 15.0. The number of nitrogens with one attached hydrogen (secondary N) is 2. The average molecular weight is 723 g/mol. The molecule has 1 aliphatic carbocycles. The van der Waals surface area contributed by atoms with Gasteiger partial charge in [-0.25, -0.2) is 9.78 Å². The Kier molecular flexibility index (Phi) is 12.1. The zero-order valence-corrected chi connectivity index (χ0v) is 31.8. The Morgan fingerprint density at radius 2 is 1.92 bits per heavy atom. The average Bonchev–Trinajstić information content (AvgIpc) is 3.21. The van der Waals surface area contributed by atoms with Crippen LogP contribution >= 0.6 is 11.3 Å². The SMILES string of the molecule is COCCCN1CCCN(c2nc(C(=N)NC(=O)[C@@]3(C)CCCc4sc(N)c(C#N)c43)cc(N3CCCN(C(=O)OC(C)(C)C)CC3)n2)[C@@H](C)C1. The Labute approximate surface area is 305 Å². The highest BCUT2D eigenvalue weighted by Gasteiger charge is 2.43. The van der Waals surface area contributed by atoms with E-state index < -0.39 is 11.0 Å². The highest BCUT2D eigenvalue weighted by molar-refractivity contribution is 7.16. The van der Waals surface area contributed by atoms with Crippen LogP contribution in [0.1, 0.15) is 88.4 Å². The molecule has 14 nitrogen and oxygen atoms in total. The standard InChI is InChI=1S/C36H54N10O4S/c1-24-23-43(14-10-20-49-6)13-8-17-46(24)33-40-26(21-28(41-33)44-15-9-16-45(19-18-44)34(48)50-35(2,3)4)30(38)42-32(47)36(5)12-7-11-27-29(36)25(22-37)31(39)51-27/h21,24H,7-20,23,39H2,1-6H3,(H2,38,42,47)/t24-,36-/m0/s1. The molecule has 0 bridgehead atoms. The van der Waals surface area contributed by atoms with Crippen LogP contribution in [0, 0.1) is 16.7 Å². The molecule has 2 aliphatic heterocycles. The molecule has 0 spiro atoms. The van der Waals surface area contributed by atoms with Gasteiger partial charge in [0.05, 0.1) is 11.0 Å². The van der Waals surface area contributed by atoms with Crippen LogP contribution in [0.4, 0.5) is 21.6 Å². The predicted octanol–water partition coefficient (Wildman–Crippen LogP) is 4.11. The van der Waals surface area contributed by atoms with Gasteiger partial charge in [0.2, 0.25) is 11.9 Å². The summed E-state index contributed by atoms with van der Waals surface area (Å²) in [6, 6.07) is 4.07. The van der Waals surface area contributed by atoms with Crippen LogP contribution in [0.3, 0.4) is 0 Å². The first-order chi connectivity index (χ1) is 24.2. The van der Waals surface area contributed by atoms with Crippen LogP contribution in [0.5, 0.6) is 0 Å². The number of nitrogens with zero attached hydrogens (tertiary/aromatic N) is 7. The number of nitriles is 1. The molecule has 4 N–H and O–H groups in total. The van der Waals surface area contributed by atoms with Crippen LogP contribution in [0.2, 0.25) is 0 Å². The lowest BCUT2D eigenvalue weighted by Gasteiger charge is -2.33. The van der Waals surface area contributed by atoms with Crippen molar-refractivity contribution in [1.29, 1.82) is 10.7 Å². The summed E-state index contributed by atoms with van der Waals surface area (Å²) in [6.45, 7) is 16.0. The van der Waals surface area contributed by atoms with Crippen molar-refractivity contribution >= 4 is 45.9 Å². The number of aromatic nitrogens is 2. The second kappa shape index (κ2) is 16.1. The largest absolute Gasteiger partial charge is 0.444 e. The Morgan fingerprint density at radius 3 is 2.65 bits per heavy atom. The number of amidine groups is 1. The van der Waals surface area contributed by atoms with Crippen molar-refractivity contribution in [3.8, 4) is 6.07 Å². The number of hydrogen-bond donors (Lipinski definition) is 3. The molecule has 15 heteroatoms. The van der Waals surface area contributed by atoms with Crippen molar-refractivity contribution in [3.63, 3.8) is 0 Å². The molecule has 0 radical (unpaired) electrons. The van der Waals surface area contributed by atoms with Crippen LogP contribution in [0.25, 0.3) is 0 Å². The fraction of sp³-hybridized carbons (Fsp3) is 0.667. The van der Waals surface area contributed by atoms with Gasteiger partial charge in [-0.1, -0.05) is 0 Å². The first kappa shape index (κ1) is 38.2. The number of carbonyl (C=O) groups is 2. The molecule has 51 heavy (non-hydrogen) atoms. The first-order valence-electron chi connectivity index (χ1n) is 18.1. The third-order valence-corrected chi connectivity index (χ3v) is 11.0. The van der Waals surface area contributed by atoms with Gasteiger partial charge in [0.25, 0.3) is 0 Å². The lowest BCUT2D eigenvalue weighted by atomic mass is 9.72. The lowest BCUT2D eigenvalue weighted by molar-refractivity contribution is -0.125. The summed E-state index contributed by atoms with van der Waals surface area (Å²) in [5, 5.41) is 22.4. The number of rotatable bonds is 8. The van der Waals surface area contributed by atoms with Gasteiger partial charge < -0.3 is 40.1 Å². The van der Waals surface area contributed by atoms with Crippen LogP contribution in [0.15, 0.2) is 6.07 Å². The van der Waals surface area contributed by atoms with E-state index in [9.17, 15) is 20.3 Å². The molecule has 5 rings (SSSR count). The van der Waals surface area contributed by atoms with Crippen molar-refractivity contribution in [1.82, 2.24) is 25.1 Å². The summed E-state index contributed by atoms with van der Waals surface area (Å²) in [6.07, 6.45) is 4.35. The normalized spacial score (nSPS) is 21.7. The van der Waals surface area contributed by atoms with E-state index in [0.29, 0.717) is 72.6 Å². The van der Waals surface area contributed by atoms with Gasteiger partial charge in [0.15, 0.2) is 5.84 Å². The summed E-state index contributed by atoms with van der Waals surface area (Å²) in [7, 11) is 1.72. The van der Waals surface area contributed by atoms with E-state index in [1.54, 1.807) is 18.1 Å². The van der Waals surface area contributed by atoms with Gasteiger partial charge in [-0.3, -0.25) is 10.2 Å². The first-order valence-corrected chi connectivity index (χ1v) is 18.9. The molecular formula is C36H54N10O4S. The summed E-state index contributed by atoms with van der Waals surface area (Å²) < 4.78 is 10.9. The van der Waals surface area contributed by atoms with Gasteiger partial charge in [0.1, 0.15) is 28.2 Å². The monoisotopic (exact) mass is 722 g/mol. The molecule has 2 saturated heterocycles. The van der Waals surface area contributed by atoms with Gasteiger partial charge in [0, 0.05) is 82.1 Å². The smallest absolute Gasteiger partial charge is 0.410 e. The van der Waals surface area contributed by atoms with Crippen molar-refractivity contribution in [2.75, 3.05) is 81.6 Å². The van der Waals surface area contributed by atoms with Crippen LogP contribution in [-0.2, 0) is 26.1 Å². The molecule has 2 atom stereocenters. The zero-order chi connectivity index (χ0) is 36.9. The van der Waals surface area contributed by atoms with Crippen molar-refractivity contribution in [2.45, 2.75) is 90.2 Å². The molecule has 2 fully saturated rings. The molecule has 278 valence electrons. The zero-order valence-electron chi connectivity index (χ0n) is 31.0. The number of fused-ring (bicyclic) bond motifs is 1. The molecule has 3 aliphatic rings. The fourth-order valence-corrected chi connectivity index (χ4v) is 8.51. The number of aryl methyl sites for hydroxylation is 1. The summed E-state index contributed by atoms with van der Waals surface area (Å²) >= 11 is 1.37. The quantitative estimate of drug-likeness (QED) is 0.203. The third-order valence-electron chi connectivity index (χ3n) is 9.93. The van der Waals surface area contributed by atoms with Gasteiger partial charge in [-0.15, -0.1) is 11.3 Å². The highest BCUT2D eigenvalue weighted by atomic mass is 32.1. The minimum absolute atomic E-state index is 0.0988. The summed E-state index contributed by atoms with van der Waals surface area (Å²) in [4.78, 5) is 46.4. The number of carbonyl (C=O) groups excluding carboxylic acids is 2. The van der Waals surface area contributed by atoms with Gasteiger partial charge >= 0.3 is 6.09 Å². The number of ether oxygens (including phenoxy) is 2. The van der Waals surface area contributed by atoms with E-state index in [2.05, 4.69) is 33.0 Å². The number of methoxy groups -OCH3 is 1. The summed E-state index contributed by atoms with van der Waals surface area (Å²) in [5.41, 5.74) is 5.94. The van der Waals surface area contributed by atoms with Crippen molar-refractivity contribution in [2.24, 2.45) is 0 Å². The maximum Gasteiger partial charge on any atom is 0.410 e. The third kappa shape index (κ3) is 8.91. The maximum atomic E-state index is 14.1. The Morgan fingerprint density at radius 1 is 1.16 bits per heavy atom. The Hall–Kier alpha value is -4.00. The van der Waals surface area contributed by atoms with E-state index in [1.165, 1.54) is 11.3 Å². The number of hydrogen-bond acceptors (Lipinski definition) is 13. The molecule has 0 aromatic carbocycles. The number of amides is 2. The lowest BCUT2D eigenvalue weighted by Crippen LogP contribution is -2.47. The van der Waals surface area contributed by atoms with E-state index in [0.717, 1.165) is 63.3 Å². The van der Waals surface area contributed by atoms with Gasteiger partial charge in [-0.2, -0.15) is 10.2 Å². The molecular weight excluding hydrogens is 669 g/mol. The van der Waals surface area contributed by atoms with E-state index in [-0.39, 0.29) is 23.9 Å². The van der Waals surface area contributed by atoms with E-state index >= 15 is 0 Å². The molecule has 2 aromatic rings. The molecule has 2 aromatic heterocycles. The minimum atomic E-state index is -1.01. The molecule has 0 unspecified atom stereocenters. The van der Waals surface area contributed by atoms with E-state index in [1.807, 2.05) is 27.7 Å². The van der Waals surface area contributed by atoms with Crippen molar-refractivity contribution < 1.29 is 19.1 Å². The minimum Gasteiger partial charge on any atom is -0.444 e. The Balaban J connectivity index is 1.43. The number of nitrogen functional groups attached to an aromatic ring is 1. The van der Waals surface area contributed by atoms with Crippen molar-refractivity contribution in [3.05, 3.63) is 27.8 Å². The molecule has 4 heterocycles. The van der Waals surface area contributed by atoms with Crippen LogP contribution < -0.4 is 20.9 Å². The number of anilines is 3.